The Kier molecular flexibility index (Phi) is 6.86. The van der Waals surface area contributed by atoms with E-state index in [1.807, 2.05) is 24.3 Å². The summed E-state index contributed by atoms with van der Waals surface area (Å²) in [5.41, 5.74) is 2.55. The van der Waals surface area contributed by atoms with Crippen molar-refractivity contribution in [2.24, 2.45) is 0 Å². The van der Waals surface area contributed by atoms with Gasteiger partial charge in [-0.2, -0.15) is 6.08 Å². The van der Waals surface area contributed by atoms with E-state index < -0.39 is 0 Å². The third-order valence-electron chi connectivity index (χ3n) is 2.47. The quantitative estimate of drug-likeness (QED) is 0.524. The molecule has 18 heavy (non-hydrogen) atoms. The number of hydrogen-bond donors (Lipinski definition) is 0. The predicted molar refractivity (Wildman–Crippen MR) is 73.4 cm³/mol. The van der Waals surface area contributed by atoms with Crippen molar-refractivity contribution in [3.05, 3.63) is 85.0 Å². The standard InChI is InChI=1S/C12H10.C5H5.Mn/c1-3-7-11(8-4-1)12-9-5-2-6-10-12;1-2-4-5-3-1;/h1-10H;1-3H,4H2;/q;-1;. The first kappa shape index (κ1) is 14.5. The Balaban J connectivity index is 0.000000230. The Bertz CT molecular complexity index is 436. The fourth-order valence-corrected chi connectivity index (χ4v) is 1.60. The number of benzene rings is 2. The zero-order valence-electron chi connectivity index (χ0n) is 10.1. The summed E-state index contributed by atoms with van der Waals surface area (Å²) in [6, 6.07) is 20.8. The summed E-state index contributed by atoms with van der Waals surface area (Å²) >= 11 is 0. The zero-order valence-corrected chi connectivity index (χ0v) is 11.3. The fraction of sp³-hybridized carbons (Fsp3) is 0.0588. The molecular formula is C17H15Mn-. The number of allylic oxidation sites excluding steroid dienone is 4. The first-order valence-corrected chi connectivity index (χ1v) is 5.79. The van der Waals surface area contributed by atoms with Gasteiger partial charge in [-0.15, -0.1) is 6.42 Å². The Labute approximate surface area is 120 Å². The van der Waals surface area contributed by atoms with Crippen LogP contribution < -0.4 is 0 Å². The minimum absolute atomic E-state index is 0. The fourth-order valence-electron chi connectivity index (χ4n) is 1.60. The Hall–Kier alpha value is -1.56. The number of hydrogen-bond acceptors (Lipinski definition) is 0. The normalized spacial score (nSPS) is 11.3. The van der Waals surface area contributed by atoms with E-state index >= 15 is 0 Å². The Morgan fingerprint density at radius 3 is 1.50 bits per heavy atom. The van der Waals surface area contributed by atoms with Gasteiger partial charge in [0.2, 0.25) is 0 Å². The topological polar surface area (TPSA) is 0 Å². The molecule has 0 heterocycles. The van der Waals surface area contributed by atoms with Crippen LogP contribution in [-0.2, 0) is 17.1 Å². The maximum absolute atomic E-state index is 2.99. The summed E-state index contributed by atoms with van der Waals surface area (Å²) in [7, 11) is 0. The number of rotatable bonds is 1. The zero-order chi connectivity index (χ0) is 11.8. The van der Waals surface area contributed by atoms with Crippen LogP contribution in [0, 0.1) is 6.08 Å². The monoisotopic (exact) mass is 274 g/mol. The molecule has 1 heteroatoms. The SMILES string of the molecule is [C-]1=CC=CC1.[Mn].c1ccc(-c2ccccc2)cc1. The summed E-state index contributed by atoms with van der Waals surface area (Å²) in [5.74, 6) is 0. The van der Waals surface area contributed by atoms with Crippen LogP contribution >= 0.6 is 0 Å². The molecule has 2 aromatic carbocycles. The van der Waals surface area contributed by atoms with Crippen LogP contribution in [0.1, 0.15) is 6.42 Å². The van der Waals surface area contributed by atoms with Crippen molar-refractivity contribution in [1.82, 2.24) is 0 Å². The molecule has 0 fully saturated rings. The third-order valence-corrected chi connectivity index (χ3v) is 2.47. The van der Waals surface area contributed by atoms with E-state index in [-0.39, 0.29) is 17.1 Å². The smallest absolute Gasteiger partial charge is 0 e. The second kappa shape index (κ2) is 8.52. The molecule has 0 saturated carbocycles. The Morgan fingerprint density at radius 2 is 1.22 bits per heavy atom. The van der Waals surface area contributed by atoms with E-state index in [9.17, 15) is 0 Å². The third kappa shape index (κ3) is 4.75. The average molecular weight is 274 g/mol. The predicted octanol–water partition coefficient (Wildman–Crippen LogP) is 4.66. The van der Waals surface area contributed by atoms with Gasteiger partial charge in [0.1, 0.15) is 0 Å². The van der Waals surface area contributed by atoms with Crippen molar-refractivity contribution in [3.8, 4) is 11.1 Å². The molecule has 1 aliphatic carbocycles. The van der Waals surface area contributed by atoms with Crippen molar-refractivity contribution in [2.45, 2.75) is 6.42 Å². The molecule has 0 nitrogen and oxygen atoms in total. The molecule has 2 aromatic rings. The van der Waals surface area contributed by atoms with Crippen LogP contribution in [-0.4, -0.2) is 0 Å². The molecule has 91 valence electrons. The van der Waals surface area contributed by atoms with Crippen molar-refractivity contribution in [1.29, 1.82) is 0 Å². The molecule has 0 unspecified atom stereocenters. The molecule has 0 saturated heterocycles. The van der Waals surface area contributed by atoms with Crippen LogP contribution in [0.5, 0.6) is 0 Å². The van der Waals surface area contributed by atoms with Crippen LogP contribution in [0.25, 0.3) is 11.1 Å². The maximum atomic E-state index is 2.99. The molecule has 0 N–H and O–H groups in total. The maximum Gasteiger partial charge on any atom is 0 e. The molecule has 0 amide bonds. The van der Waals surface area contributed by atoms with Gasteiger partial charge < -0.3 is 0 Å². The molecule has 0 atom stereocenters. The van der Waals surface area contributed by atoms with Crippen LogP contribution in [0.2, 0.25) is 0 Å². The van der Waals surface area contributed by atoms with Crippen molar-refractivity contribution < 1.29 is 17.1 Å². The van der Waals surface area contributed by atoms with Crippen molar-refractivity contribution in [3.63, 3.8) is 0 Å². The molecule has 0 bridgehead atoms. The molecule has 3 rings (SSSR count). The van der Waals surface area contributed by atoms with Gasteiger partial charge in [0, 0.05) is 17.1 Å². The average Bonchev–Trinajstić information content (AvgIpc) is 3.00. The minimum Gasteiger partial charge on any atom is -0.273 e. The van der Waals surface area contributed by atoms with Crippen LogP contribution in [0.3, 0.4) is 0 Å². The Morgan fingerprint density at radius 1 is 0.722 bits per heavy atom. The minimum atomic E-state index is 0. The van der Waals surface area contributed by atoms with Gasteiger partial charge >= 0.3 is 0 Å². The van der Waals surface area contributed by atoms with E-state index in [2.05, 4.69) is 60.7 Å². The summed E-state index contributed by atoms with van der Waals surface area (Å²) in [6.45, 7) is 0. The van der Waals surface area contributed by atoms with Crippen molar-refractivity contribution in [2.75, 3.05) is 0 Å². The first-order valence-electron chi connectivity index (χ1n) is 5.79. The van der Waals surface area contributed by atoms with E-state index in [4.69, 9.17) is 0 Å². The van der Waals surface area contributed by atoms with Gasteiger partial charge in [0.15, 0.2) is 0 Å². The van der Waals surface area contributed by atoms with Gasteiger partial charge in [-0.25, -0.2) is 12.2 Å². The first-order chi connectivity index (χ1) is 8.47. The summed E-state index contributed by atoms with van der Waals surface area (Å²) in [5, 5.41) is 0. The van der Waals surface area contributed by atoms with E-state index in [1.165, 1.54) is 11.1 Å². The molecule has 0 spiro atoms. The van der Waals surface area contributed by atoms with Crippen LogP contribution in [0.4, 0.5) is 0 Å². The second-order valence-electron chi connectivity index (χ2n) is 3.74. The molecule has 1 aliphatic rings. The summed E-state index contributed by atoms with van der Waals surface area (Å²) < 4.78 is 0. The second-order valence-corrected chi connectivity index (χ2v) is 3.74. The van der Waals surface area contributed by atoms with Crippen molar-refractivity contribution >= 4 is 0 Å². The van der Waals surface area contributed by atoms with E-state index in [0.29, 0.717) is 0 Å². The van der Waals surface area contributed by atoms with E-state index in [0.717, 1.165) is 6.42 Å². The molecule has 0 aromatic heterocycles. The van der Waals surface area contributed by atoms with Gasteiger partial charge in [-0.05, 0) is 11.1 Å². The van der Waals surface area contributed by atoms with Gasteiger partial charge in [0.05, 0.1) is 0 Å². The van der Waals surface area contributed by atoms with E-state index in [1.54, 1.807) is 0 Å². The van der Waals surface area contributed by atoms with Gasteiger partial charge in [0.25, 0.3) is 0 Å². The molecule has 1 radical (unpaired) electrons. The summed E-state index contributed by atoms with van der Waals surface area (Å²) in [4.78, 5) is 0. The van der Waals surface area contributed by atoms with Gasteiger partial charge in [-0.3, -0.25) is 6.08 Å². The van der Waals surface area contributed by atoms with Gasteiger partial charge in [-0.1, -0.05) is 60.7 Å². The van der Waals surface area contributed by atoms with Crippen LogP contribution in [0.15, 0.2) is 78.9 Å². The molecular weight excluding hydrogens is 259 g/mol. The molecule has 0 aliphatic heterocycles. The largest absolute Gasteiger partial charge is 0.273 e. The summed E-state index contributed by atoms with van der Waals surface area (Å²) in [6.07, 6.45) is 10.0.